The number of nitrogens with zero attached hydrogens (tertiary/aromatic N) is 1. The molecule has 1 N–H and O–H groups in total. The lowest BCUT2D eigenvalue weighted by Crippen LogP contribution is -2.40. The van der Waals surface area contributed by atoms with Crippen molar-refractivity contribution in [1.29, 1.82) is 0 Å². The van der Waals surface area contributed by atoms with Crippen LogP contribution >= 0.6 is 0 Å². The highest BCUT2D eigenvalue weighted by Crippen LogP contribution is 2.25. The van der Waals surface area contributed by atoms with Crippen molar-refractivity contribution in [3.63, 3.8) is 0 Å². The first-order valence-electron chi connectivity index (χ1n) is 9.11. The molecule has 0 aromatic heterocycles. The van der Waals surface area contributed by atoms with Crippen molar-refractivity contribution in [2.75, 3.05) is 20.2 Å². The molecular weight excluding hydrogens is 318 g/mol. The van der Waals surface area contributed by atoms with E-state index >= 15 is 0 Å². The minimum absolute atomic E-state index is 0.183. The molecule has 1 aromatic carbocycles. The fraction of sp³-hybridized carbons (Fsp3) is 0.600. The van der Waals surface area contributed by atoms with Crippen molar-refractivity contribution in [2.24, 2.45) is 11.8 Å². The van der Waals surface area contributed by atoms with E-state index in [9.17, 15) is 9.59 Å². The molecule has 0 spiro atoms. The average Bonchev–Trinajstić information content (AvgIpc) is 2.60. The Morgan fingerprint density at radius 2 is 2.12 bits per heavy atom. The van der Waals surface area contributed by atoms with E-state index in [0.717, 1.165) is 37.1 Å². The molecule has 1 aliphatic heterocycles. The topological polar surface area (TPSA) is 66.8 Å². The monoisotopic (exact) mass is 347 g/mol. The van der Waals surface area contributed by atoms with Gasteiger partial charge in [0.15, 0.2) is 0 Å². The van der Waals surface area contributed by atoms with Crippen molar-refractivity contribution in [1.82, 2.24) is 4.90 Å². The zero-order valence-corrected chi connectivity index (χ0v) is 15.2. The summed E-state index contributed by atoms with van der Waals surface area (Å²) in [6.45, 7) is 3.59. The minimum Gasteiger partial charge on any atom is -0.496 e. The molecule has 0 radical (unpaired) electrons. The molecule has 0 saturated carbocycles. The number of benzene rings is 1. The predicted molar refractivity (Wildman–Crippen MR) is 96.7 cm³/mol. The van der Waals surface area contributed by atoms with Crippen molar-refractivity contribution in [3.05, 3.63) is 29.8 Å². The second-order valence-corrected chi connectivity index (χ2v) is 7.11. The van der Waals surface area contributed by atoms with Gasteiger partial charge in [0.05, 0.1) is 7.11 Å². The number of aliphatic carboxylic acids is 1. The number of piperidine rings is 1. The average molecular weight is 347 g/mol. The highest BCUT2D eigenvalue weighted by atomic mass is 16.5. The Morgan fingerprint density at radius 3 is 2.84 bits per heavy atom. The predicted octanol–water partition coefficient (Wildman–Crippen LogP) is 3.37. The van der Waals surface area contributed by atoms with Crippen LogP contribution in [0.5, 0.6) is 5.75 Å². The van der Waals surface area contributed by atoms with Crippen molar-refractivity contribution in [2.45, 2.75) is 45.4 Å². The summed E-state index contributed by atoms with van der Waals surface area (Å²) in [5.74, 6) is 0.853. The van der Waals surface area contributed by atoms with E-state index in [1.54, 1.807) is 7.11 Å². The van der Waals surface area contributed by atoms with Crippen LogP contribution in [0.1, 0.15) is 44.6 Å². The number of carboxylic acids is 1. The van der Waals surface area contributed by atoms with Gasteiger partial charge in [-0.25, -0.2) is 0 Å². The van der Waals surface area contributed by atoms with Gasteiger partial charge < -0.3 is 14.7 Å². The Kier molecular flexibility index (Phi) is 7.29. The molecule has 1 aliphatic rings. The summed E-state index contributed by atoms with van der Waals surface area (Å²) in [5, 5.41) is 8.83. The van der Waals surface area contributed by atoms with Crippen LogP contribution in [0.25, 0.3) is 0 Å². The molecule has 0 bridgehead atoms. The number of ether oxygens (including phenoxy) is 1. The van der Waals surface area contributed by atoms with Crippen LogP contribution in [0.15, 0.2) is 24.3 Å². The van der Waals surface area contributed by atoms with E-state index in [2.05, 4.69) is 6.92 Å². The SMILES string of the molecule is COc1ccccc1C[C@@H](C)CC(=O)N1CCC[C@H](CCC(=O)O)C1. The molecular formula is C20H29NO4. The summed E-state index contributed by atoms with van der Waals surface area (Å²) in [6, 6.07) is 7.93. The Hall–Kier alpha value is -2.04. The van der Waals surface area contributed by atoms with Gasteiger partial charge in [-0.15, -0.1) is 0 Å². The van der Waals surface area contributed by atoms with E-state index in [4.69, 9.17) is 9.84 Å². The summed E-state index contributed by atoms with van der Waals surface area (Å²) in [6.07, 6.45) is 4.17. The molecule has 25 heavy (non-hydrogen) atoms. The first kappa shape index (κ1) is 19.3. The lowest BCUT2D eigenvalue weighted by Gasteiger charge is -2.33. The van der Waals surface area contributed by atoms with Crippen LogP contribution in [-0.2, 0) is 16.0 Å². The van der Waals surface area contributed by atoms with Gasteiger partial charge in [0.25, 0.3) is 0 Å². The minimum atomic E-state index is -0.756. The standard InChI is InChI=1S/C20H29NO4/c1-15(12-17-7-3-4-8-18(17)25-2)13-19(22)21-11-5-6-16(14-21)9-10-20(23)24/h3-4,7-8,15-16H,5-6,9-14H2,1-2H3,(H,23,24)/t15-,16-/m1/s1. The van der Waals surface area contributed by atoms with Crippen LogP contribution in [0.3, 0.4) is 0 Å². The van der Waals surface area contributed by atoms with E-state index in [1.807, 2.05) is 29.2 Å². The van der Waals surface area contributed by atoms with Gasteiger partial charge in [0, 0.05) is 25.9 Å². The van der Waals surface area contributed by atoms with E-state index in [0.29, 0.717) is 25.3 Å². The molecule has 138 valence electrons. The van der Waals surface area contributed by atoms with Gasteiger partial charge in [-0.2, -0.15) is 0 Å². The van der Waals surface area contributed by atoms with Crippen molar-refractivity contribution in [3.8, 4) is 5.75 Å². The van der Waals surface area contributed by atoms with E-state index in [1.165, 1.54) is 0 Å². The Balaban J connectivity index is 1.84. The number of para-hydroxylation sites is 1. The fourth-order valence-corrected chi connectivity index (χ4v) is 3.60. The van der Waals surface area contributed by atoms with Crippen LogP contribution < -0.4 is 4.74 Å². The van der Waals surface area contributed by atoms with Crippen LogP contribution in [0.2, 0.25) is 0 Å². The van der Waals surface area contributed by atoms with Crippen LogP contribution in [0, 0.1) is 11.8 Å². The second-order valence-electron chi connectivity index (χ2n) is 7.11. The van der Waals surface area contributed by atoms with Gasteiger partial charge in [-0.3, -0.25) is 9.59 Å². The van der Waals surface area contributed by atoms with Crippen molar-refractivity contribution < 1.29 is 19.4 Å². The summed E-state index contributed by atoms with van der Waals surface area (Å²) < 4.78 is 5.38. The number of likely N-dealkylation sites (tertiary alicyclic amines) is 1. The number of hydrogen-bond acceptors (Lipinski definition) is 3. The number of carbonyl (C=O) groups is 2. The molecule has 5 nitrogen and oxygen atoms in total. The maximum atomic E-state index is 12.6. The molecule has 1 heterocycles. The fourth-order valence-electron chi connectivity index (χ4n) is 3.60. The van der Waals surface area contributed by atoms with Gasteiger partial charge in [-0.1, -0.05) is 25.1 Å². The zero-order valence-electron chi connectivity index (χ0n) is 15.2. The van der Waals surface area contributed by atoms with Gasteiger partial charge >= 0.3 is 5.97 Å². The lowest BCUT2D eigenvalue weighted by atomic mass is 9.92. The Labute approximate surface area is 150 Å². The summed E-state index contributed by atoms with van der Waals surface area (Å²) in [5.41, 5.74) is 1.13. The smallest absolute Gasteiger partial charge is 0.303 e. The third-order valence-electron chi connectivity index (χ3n) is 4.92. The first-order chi connectivity index (χ1) is 12.0. The molecule has 5 heteroatoms. The van der Waals surface area contributed by atoms with Gasteiger partial charge in [0.2, 0.25) is 5.91 Å². The molecule has 0 unspecified atom stereocenters. The molecule has 2 atom stereocenters. The number of rotatable bonds is 8. The van der Waals surface area contributed by atoms with E-state index in [-0.39, 0.29) is 18.2 Å². The molecule has 1 saturated heterocycles. The number of methoxy groups -OCH3 is 1. The molecule has 2 rings (SSSR count). The van der Waals surface area contributed by atoms with Crippen LogP contribution in [-0.4, -0.2) is 42.1 Å². The van der Waals surface area contributed by atoms with Gasteiger partial charge in [-0.05, 0) is 49.1 Å². The number of hydrogen-bond donors (Lipinski definition) is 1. The number of carboxylic acid groups (broad SMARTS) is 1. The molecule has 0 aliphatic carbocycles. The van der Waals surface area contributed by atoms with Gasteiger partial charge in [0.1, 0.15) is 5.75 Å². The normalized spacial score (nSPS) is 18.6. The lowest BCUT2D eigenvalue weighted by molar-refractivity contribution is -0.137. The molecule has 1 aromatic rings. The summed E-state index contributed by atoms with van der Waals surface area (Å²) >= 11 is 0. The summed E-state index contributed by atoms with van der Waals surface area (Å²) in [4.78, 5) is 25.3. The molecule has 1 amide bonds. The number of carbonyl (C=O) groups excluding carboxylic acids is 1. The van der Waals surface area contributed by atoms with Crippen molar-refractivity contribution >= 4 is 11.9 Å². The summed E-state index contributed by atoms with van der Waals surface area (Å²) in [7, 11) is 1.67. The second kappa shape index (κ2) is 9.44. The third kappa shape index (κ3) is 6.07. The Bertz CT molecular complexity index is 587. The Morgan fingerprint density at radius 1 is 1.36 bits per heavy atom. The zero-order chi connectivity index (χ0) is 18.2. The third-order valence-corrected chi connectivity index (χ3v) is 4.92. The largest absolute Gasteiger partial charge is 0.496 e. The highest BCUT2D eigenvalue weighted by molar-refractivity contribution is 5.76. The highest BCUT2D eigenvalue weighted by Gasteiger charge is 2.25. The van der Waals surface area contributed by atoms with Crippen LogP contribution in [0.4, 0.5) is 0 Å². The quantitative estimate of drug-likeness (QED) is 0.783. The maximum absolute atomic E-state index is 12.6. The molecule has 1 fully saturated rings. The first-order valence-corrected chi connectivity index (χ1v) is 9.11. The van der Waals surface area contributed by atoms with E-state index < -0.39 is 5.97 Å². The maximum Gasteiger partial charge on any atom is 0.303 e. The number of amides is 1.